The molecule has 0 fully saturated rings. The van der Waals surface area contributed by atoms with E-state index in [0.29, 0.717) is 5.02 Å². The molecule has 0 bridgehead atoms. The maximum atomic E-state index is 11.1. The van der Waals surface area contributed by atoms with Crippen molar-refractivity contribution in [3.63, 3.8) is 0 Å². The van der Waals surface area contributed by atoms with Gasteiger partial charge in [-0.15, -0.1) is 0 Å². The molecule has 1 aromatic rings. The van der Waals surface area contributed by atoms with Gasteiger partial charge < -0.3 is 5.11 Å². The van der Waals surface area contributed by atoms with Gasteiger partial charge in [0.05, 0.1) is 5.41 Å². The summed E-state index contributed by atoms with van der Waals surface area (Å²) in [5.74, 6) is -0.932. The quantitative estimate of drug-likeness (QED) is 0.856. The highest BCUT2D eigenvalue weighted by Crippen LogP contribution is 2.38. The Morgan fingerprint density at radius 3 is 2.40 bits per heavy atom. The van der Waals surface area contributed by atoms with Crippen LogP contribution in [0.15, 0.2) is 24.3 Å². The Morgan fingerprint density at radius 1 is 1.40 bits per heavy atom. The Labute approximate surface area is 94.9 Å². The fourth-order valence-corrected chi connectivity index (χ4v) is 1.70. The molecule has 1 atom stereocenters. The van der Waals surface area contributed by atoms with Crippen LogP contribution in [0.1, 0.15) is 32.3 Å². The summed E-state index contributed by atoms with van der Waals surface area (Å²) in [6.07, 6.45) is 0. The summed E-state index contributed by atoms with van der Waals surface area (Å²) in [4.78, 5) is 11.1. The third-order valence-corrected chi connectivity index (χ3v) is 3.35. The van der Waals surface area contributed by atoms with Gasteiger partial charge in [0.1, 0.15) is 0 Å². The zero-order valence-corrected chi connectivity index (χ0v) is 9.88. The van der Waals surface area contributed by atoms with Crippen LogP contribution in [0, 0.1) is 5.41 Å². The van der Waals surface area contributed by atoms with Crippen LogP contribution < -0.4 is 0 Å². The standard InChI is InChI=1S/C12H15ClO2/c1-8(12(2,3)11(14)15)9-6-4-5-7-10(9)13/h4-8H,1-3H3,(H,14,15). The number of halogens is 1. The topological polar surface area (TPSA) is 37.3 Å². The predicted molar refractivity (Wildman–Crippen MR) is 61.3 cm³/mol. The number of rotatable bonds is 3. The van der Waals surface area contributed by atoms with Gasteiger partial charge in [-0.1, -0.05) is 36.7 Å². The maximum absolute atomic E-state index is 11.1. The van der Waals surface area contributed by atoms with Crippen LogP contribution in [-0.2, 0) is 4.79 Å². The summed E-state index contributed by atoms with van der Waals surface area (Å²) in [5, 5.41) is 9.75. The lowest BCUT2D eigenvalue weighted by Crippen LogP contribution is -2.29. The van der Waals surface area contributed by atoms with Crippen LogP contribution in [0.2, 0.25) is 5.02 Å². The average molecular weight is 227 g/mol. The third kappa shape index (κ3) is 2.32. The lowest BCUT2D eigenvalue weighted by Gasteiger charge is -2.28. The van der Waals surface area contributed by atoms with E-state index in [1.807, 2.05) is 25.1 Å². The average Bonchev–Trinajstić information content (AvgIpc) is 2.17. The Hall–Kier alpha value is -1.02. The molecule has 0 aliphatic rings. The lowest BCUT2D eigenvalue weighted by molar-refractivity contribution is -0.148. The molecule has 2 nitrogen and oxygen atoms in total. The first-order chi connectivity index (χ1) is 6.87. The minimum absolute atomic E-state index is 0.122. The smallest absolute Gasteiger partial charge is 0.309 e. The van der Waals surface area contributed by atoms with Crippen molar-refractivity contribution in [3.05, 3.63) is 34.9 Å². The van der Waals surface area contributed by atoms with E-state index in [0.717, 1.165) is 5.56 Å². The molecular weight excluding hydrogens is 212 g/mol. The van der Waals surface area contributed by atoms with Gasteiger partial charge in [-0.05, 0) is 31.4 Å². The zero-order chi connectivity index (χ0) is 11.6. The predicted octanol–water partition coefficient (Wildman–Crippen LogP) is 3.55. The number of carboxylic acid groups (broad SMARTS) is 1. The maximum Gasteiger partial charge on any atom is 0.309 e. The van der Waals surface area contributed by atoms with Crippen LogP contribution >= 0.6 is 11.6 Å². The largest absolute Gasteiger partial charge is 0.481 e. The van der Waals surface area contributed by atoms with Crippen LogP contribution in [0.25, 0.3) is 0 Å². The van der Waals surface area contributed by atoms with E-state index in [2.05, 4.69) is 0 Å². The van der Waals surface area contributed by atoms with Gasteiger partial charge in [-0.25, -0.2) is 0 Å². The van der Waals surface area contributed by atoms with Gasteiger partial charge in [-0.2, -0.15) is 0 Å². The molecule has 0 aliphatic carbocycles. The first-order valence-corrected chi connectivity index (χ1v) is 5.23. The third-order valence-electron chi connectivity index (χ3n) is 3.01. The molecule has 1 unspecified atom stereocenters. The zero-order valence-electron chi connectivity index (χ0n) is 9.12. The van der Waals surface area contributed by atoms with Gasteiger partial charge in [0, 0.05) is 5.02 Å². The van der Waals surface area contributed by atoms with Crippen LogP contribution in [0.3, 0.4) is 0 Å². The number of carboxylic acids is 1. The normalized spacial score (nSPS) is 13.6. The molecule has 0 aliphatic heterocycles. The molecule has 15 heavy (non-hydrogen) atoms. The van der Waals surface area contributed by atoms with Gasteiger partial charge in [0.25, 0.3) is 0 Å². The van der Waals surface area contributed by atoms with Crippen molar-refractivity contribution in [2.75, 3.05) is 0 Å². The highest BCUT2D eigenvalue weighted by Gasteiger charge is 2.35. The SMILES string of the molecule is CC(c1ccccc1Cl)C(C)(C)C(=O)O. The van der Waals surface area contributed by atoms with Gasteiger partial charge in [-0.3, -0.25) is 4.79 Å². The van der Waals surface area contributed by atoms with Crippen molar-refractivity contribution in [2.24, 2.45) is 5.41 Å². The highest BCUT2D eigenvalue weighted by atomic mass is 35.5. The molecule has 0 heterocycles. The van der Waals surface area contributed by atoms with E-state index >= 15 is 0 Å². The number of benzene rings is 1. The van der Waals surface area contributed by atoms with Gasteiger partial charge in [0.2, 0.25) is 0 Å². The monoisotopic (exact) mass is 226 g/mol. The Morgan fingerprint density at radius 2 is 1.93 bits per heavy atom. The van der Waals surface area contributed by atoms with Crippen molar-refractivity contribution in [3.8, 4) is 0 Å². The molecule has 0 amide bonds. The van der Waals surface area contributed by atoms with Crippen LogP contribution in [0.4, 0.5) is 0 Å². The van der Waals surface area contributed by atoms with E-state index in [-0.39, 0.29) is 5.92 Å². The van der Waals surface area contributed by atoms with Crippen molar-refractivity contribution < 1.29 is 9.90 Å². The summed E-state index contributed by atoms with van der Waals surface area (Å²) < 4.78 is 0. The molecule has 0 spiro atoms. The molecule has 1 N–H and O–H groups in total. The summed E-state index contributed by atoms with van der Waals surface area (Å²) in [7, 11) is 0. The minimum Gasteiger partial charge on any atom is -0.481 e. The number of carbonyl (C=O) groups is 1. The second kappa shape index (κ2) is 4.23. The van der Waals surface area contributed by atoms with E-state index in [4.69, 9.17) is 16.7 Å². The summed E-state index contributed by atoms with van der Waals surface area (Å²) >= 11 is 6.04. The molecule has 0 saturated carbocycles. The van der Waals surface area contributed by atoms with Crippen molar-refractivity contribution in [2.45, 2.75) is 26.7 Å². The molecule has 1 rings (SSSR count). The molecule has 0 saturated heterocycles. The number of hydrogen-bond acceptors (Lipinski definition) is 1. The summed E-state index contributed by atoms with van der Waals surface area (Å²) in [6, 6.07) is 7.37. The fraction of sp³-hybridized carbons (Fsp3) is 0.417. The van der Waals surface area contributed by atoms with Crippen LogP contribution in [0.5, 0.6) is 0 Å². The van der Waals surface area contributed by atoms with Crippen molar-refractivity contribution in [1.29, 1.82) is 0 Å². The van der Waals surface area contributed by atoms with E-state index in [1.165, 1.54) is 0 Å². The van der Waals surface area contributed by atoms with Crippen LogP contribution in [-0.4, -0.2) is 11.1 Å². The van der Waals surface area contributed by atoms with Gasteiger partial charge in [0.15, 0.2) is 0 Å². The summed E-state index contributed by atoms with van der Waals surface area (Å²) in [6.45, 7) is 5.31. The van der Waals surface area contributed by atoms with E-state index in [9.17, 15) is 4.79 Å². The van der Waals surface area contributed by atoms with Crippen molar-refractivity contribution in [1.82, 2.24) is 0 Å². The Bertz CT molecular complexity index is 372. The first kappa shape index (κ1) is 12.1. The molecule has 3 heteroatoms. The Balaban J connectivity index is 3.10. The molecular formula is C12H15ClO2. The second-order valence-electron chi connectivity index (χ2n) is 4.27. The van der Waals surface area contributed by atoms with E-state index in [1.54, 1.807) is 19.9 Å². The second-order valence-corrected chi connectivity index (χ2v) is 4.68. The number of hydrogen-bond donors (Lipinski definition) is 1. The van der Waals surface area contributed by atoms with Gasteiger partial charge >= 0.3 is 5.97 Å². The van der Waals surface area contributed by atoms with E-state index < -0.39 is 11.4 Å². The molecule has 0 radical (unpaired) electrons. The first-order valence-electron chi connectivity index (χ1n) is 4.85. The number of aliphatic carboxylic acids is 1. The lowest BCUT2D eigenvalue weighted by atomic mass is 9.76. The fourth-order valence-electron chi connectivity index (χ4n) is 1.40. The summed E-state index contributed by atoms with van der Waals surface area (Å²) in [5.41, 5.74) is 0.0666. The molecule has 82 valence electrons. The minimum atomic E-state index is -0.814. The molecule has 0 aromatic heterocycles. The Kier molecular flexibility index (Phi) is 3.40. The van der Waals surface area contributed by atoms with Crippen molar-refractivity contribution >= 4 is 17.6 Å². The highest BCUT2D eigenvalue weighted by molar-refractivity contribution is 6.31. The molecule has 1 aromatic carbocycles.